The van der Waals surface area contributed by atoms with Crippen molar-refractivity contribution >= 4 is 17.4 Å². The zero-order chi connectivity index (χ0) is 14.3. The van der Waals surface area contributed by atoms with Crippen molar-refractivity contribution in [2.24, 2.45) is 0 Å². The topological polar surface area (TPSA) is 26.3 Å². The van der Waals surface area contributed by atoms with Crippen LogP contribution in [0.5, 0.6) is 5.75 Å². The summed E-state index contributed by atoms with van der Waals surface area (Å²) < 4.78 is 5.65. The van der Waals surface area contributed by atoms with Crippen LogP contribution in [0.2, 0.25) is 5.02 Å². The lowest BCUT2D eigenvalue weighted by Gasteiger charge is -2.06. The summed E-state index contributed by atoms with van der Waals surface area (Å²) in [5, 5.41) is 0.678. The predicted molar refractivity (Wildman–Crippen MR) is 79.9 cm³/mol. The van der Waals surface area contributed by atoms with Crippen molar-refractivity contribution in [3.63, 3.8) is 0 Å². The number of hydrogen-bond acceptors (Lipinski definition) is 2. The van der Waals surface area contributed by atoms with E-state index in [1.54, 1.807) is 12.1 Å². The first-order valence-electron chi connectivity index (χ1n) is 6.65. The summed E-state index contributed by atoms with van der Waals surface area (Å²) in [6.45, 7) is 3.93. The van der Waals surface area contributed by atoms with E-state index in [0.29, 0.717) is 16.1 Å². The van der Waals surface area contributed by atoms with Crippen molar-refractivity contribution in [3.05, 3.63) is 63.7 Å². The Morgan fingerprint density at radius 2 is 1.90 bits per heavy atom. The van der Waals surface area contributed by atoms with E-state index in [1.165, 1.54) is 0 Å². The molecule has 1 heterocycles. The first-order valence-corrected chi connectivity index (χ1v) is 7.03. The minimum Gasteiger partial charge on any atom is -0.490 e. The molecule has 1 aliphatic rings. The molecular weight excluding hydrogens is 272 g/mol. The van der Waals surface area contributed by atoms with Gasteiger partial charge in [0.25, 0.3) is 0 Å². The fraction of sp³-hybridized carbons (Fsp3) is 0.235. The molecular formula is C17H15ClO2. The number of ether oxygens (including phenoxy) is 1. The summed E-state index contributed by atoms with van der Waals surface area (Å²) in [6, 6.07) is 11.0. The summed E-state index contributed by atoms with van der Waals surface area (Å²) in [7, 11) is 0. The van der Waals surface area contributed by atoms with Crippen molar-refractivity contribution in [1.82, 2.24) is 0 Å². The Morgan fingerprint density at radius 1 is 1.20 bits per heavy atom. The summed E-state index contributed by atoms with van der Waals surface area (Å²) in [4.78, 5) is 12.5. The standard InChI is InChI=1S/C17H15ClO2/c1-10-7-12(3-5-15(10)18)17(19)13-4-6-16-14(9-13)8-11(2)20-16/h3-7,9,11H,8H2,1-2H3. The monoisotopic (exact) mass is 286 g/mol. The van der Waals surface area contributed by atoms with Crippen LogP contribution in [0.25, 0.3) is 0 Å². The lowest BCUT2D eigenvalue weighted by Crippen LogP contribution is -2.05. The zero-order valence-electron chi connectivity index (χ0n) is 11.4. The second-order valence-corrected chi connectivity index (χ2v) is 5.66. The molecule has 0 saturated heterocycles. The third-order valence-electron chi connectivity index (χ3n) is 3.58. The number of rotatable bonds is 2. The number of carbonyl (C=O) groups excluding carboxylic acids is 1. The van der Waals surface area contributed by atoms with Crippen LogP contribution in [0.15, 0.2) is 36.4 Å². The van der Waals surface area contributed by atoms with E-state index in [1.807, 2.05) is 38.1 Å². The van der Waals surface area contributed by atoms with Crippen LogP contribution in [0.1, 0.15) is 34.0 Å². The van der Waals surface area contributed by atoms with Gasteiger partial charge in [0.15, 0.2) is 5.78 Å². The molecule has 0 spiro atoms. The quantitative estimate of drug-likeness (QED) is 0.773. The van der Waals surface area contributed by atoms with E-state index >= 15 is 0 Å². The van der Waals surface area contributed by atoms with Gasteiger partial charge in [0.05, 0.1) is 0 Å². The van der Waals surface area contributed by atoms with Crippen molar-refractivity contribution in [1.29, 1.82) is 0 Å². The lowest BCUT2D eigenvalue weighted by molar-refractivity contribution is 0.103. The Kier molecular flexibility index (Phi) is 3.27. The number of ketones is 1. The van der Waals surface area contributed by atoms with Crippen LogP contribution in [-0.4, -0.2) is 11.9 Å². The van der Waals surface area contributed by atoms with E-state index in [2.05, 4.69) is 0 Å². The fourth-order valence-electron chi connectivity index (χ4n) is 2.52. The third-order valence-corrected chi connectivity index (χ3v) is 4.00. The minimum absolute atomic E-state index is 0.0205. The molecule has 0 aromatic heterocycles. The molecule has 0 saturated carbocycles. The van der Waals surface area contributed by atoms with Gasteiger partial charge in [0, 0.05) is 22.6 Å². The van der Waals surface area contributed by atoms with Gasteiger partial charge in [0.1, 0.15) is 11.9 Å². The van der Waals surface area contributed by atoms with Crippen LogP contribution in [0.4, 0.5) is 0 Å². The van der Waals surface area contributed by atoms with E-state index in [-0.39, 0.29) is 11.9 Å². The Hall–Kier alpha value is -1.80. The predicted octanol–water partition coefficient (Wildman–Crippen LogP) is 4.20. The number of hydrogen-bond donors (Lipinski definition) is 0. The van der Waals surface area contributed by atoms with Gasteiger partial charge in [0.2, 0.25) is 0 Å². The Labute approximate surface area is 123 Å². The van der Waals surface area contributed by atoms with E-state index < -0.39 is 0 Å². The minimum atomic E-state index is 0.0205. The molecule has 0 bridgehead atoms. The average Bonchev–Trinajstić information content (AvgIpc) is 2.80. The first kappa shape index (κ1) is 13.2. The molecule has 0 aliphatic carbocycles. The van der Waals surface area contributed by atoms with E-state index in [0.717, 1.165) is 23.3 Å². The number of halogens is 1. The molecule has 2 aromatic carbocycles. The second kappa shape index (κ2) is 4.95. The Bertz CT molecular complexity index is 691. The van der Waals surface area contributed by atoms with Gasteiger partial charge in [-0.1, -0.05) is 11.6 Å². The summed E-state index contributed by atoms with van der Waals surface area (Å²) in [5.41, 5.74) is 3.38. The summed E-state index contributed by atoms with van der Waals surface area (Å²) in [6.07, 6.45) is 1.05. The molecule has 3 heteroatoms. The van der Waals surface area contributed by atoms with Gasteiger partial charge in [-0.3, -0.25) is 4.79 Å². The van der Waals surface area contributed by atoms with Gasteiger partial charge in [-0.2, -0.15) is 0 Å². The molecule has 0 radical (unpaired) electrons. The fourth-order valence-corrected chi connectivity index (χ4v) is 2.63. The lowest BCUT2D eigenvalue weighted by atomic mass is 9.99. The van der Waals surface area contributed by atoms with Crippen LogP contribution < -0.4 is 4.74 Å². The zero-order valence-corrected chi connectivity index (χ0v) is 12.2. The highest BCUT2D eigenvalue weighted by molar-refractivity contribution is 6.31. The molecule has 20 heavy (non-hydrogen) atoms. The van der Waals surface area contributed by atoms with Crippen molar-refractivity contribution in [2.75, 3.05) is 0 Å². The molecule has 3 rings (SSSR count). The highest BCUT2D eigenvalue weighted by atomic mass is 35.5. The van der Waals surface area contributed by atoms with Crippen LogP contribution in [-0.2, 0) is 6.42 Å². The molecule has 0 N–H and O–H groups in total. The van der Waals surface area contributed by atoms with Gasteiger partial charge < -0.3 is 4.74 Å². The molecule has 0 amide bonds. The van der Waals surface area contributed by atoms with Gasteiger partial charge in [-0.15, -0.1) is 0 Å². The molecule has 0 fully saturated rings. The largest absolute Gasteiger partial charge is 0.490 e. The Morgan fingerprint density at radius 3 is 2.65 bits per heavy atom. The van der Waals surface area contributed by atoms with Crippen molar-refractivity contribution in [2.45, 2.75) is 26.4 Å². The maximum absolute atomic E-state index is 12.5. The van der Waals surface area contributed by atoms with Crippen LogP contribution in [0.3, 0.4) is 0 Å². The third kappa shape index (κ3) is 2.32. The maximum atomic E-state index is 12.5. The van der Waals surface area contributed by atoms with Crippen molar-refractivity contribution < 1.29 is 9.53 Å². The number of aryl methyl sites for hydroxylation is 1. The molecule has 1 aliphatic heterocycles. The molecule has 1 unspecified atom stereocenters. The summed E-state index contributed by atoms with van der Waals surface area (Å²) in [5.74, 6) is 0.911. The number of benzene rings is 2. The number of carbonyl (C=O) groups is 1. The molecule has 102 valence electrons. The first-order chi connectivity index (χ1) is 9.54. The molecule has 1 atom stereocenters. The van der Waals surface area contributed by atoms with Crippen molar-refractivity contribution in [3.8, 4) is 5.75 Å². The van der Waals surface area contributed by atoms with Crippen LogP contribution >= 0.6 is 11.6 Å². The van der Waals surface area contributed by atoms with E-state index in [4.69, 9.17) is 16.3 Å². The van der Waals surface area contributed by atoms with E-state index in [9.17, 15) is 4.79 Å². The molecule has 2 aromatic rings. The SMILES string of the molecule is Cc1cc(C(=O)c2ccc3c(c2)CC(C)O3)ccc1Cl. The van der Waals surface area contributed by atoms with Crippen LogP contribution in [0, 0.1) is 6.92 Å². The van der Waals surface area contributed by atoms with Gasteiger partial charge in [-0.05, 0) is 61.4 Å². The average molecular weight is 287 g/mol. The van der Waals surface area contributed by atoms with Gasteiger partial charge in [-0.25, -0.2) is 0 Å². The second-order valence-electron chi connectivity index (χ2n) is 5.25. The number of fused-ring (bicyclic) bond motifs is 1. The van der Waals surface area contributed by atoms with Gasteiger partial charge >= 0.3 is 0 Å². The Balaban J connectivity index is 1.95. The highest BCUT2D eigenvalue weighted by Gasteiger charge is 2.20. The summed E-state index contributed by atoms with van der Waals surface area (Å²) >= 11 is 6.00. The highest BCUT2D eigenvalue weighted by Crippen LogP contribution is 2.30. The smallest absolute Gasteiger partial charge is 0.193 e. The maximum Gasteiger partial charge on any atom is 0.193 e. The molecule has 2 nitrogen and oxygen atoms in total. The normalized spacial score (nSPS) is 16.6.